The van der Waals surface area contributed by atoms with Crippen molar-refractivity contribution in [1.82, 2.24) is 15.1 Å². The van der Waals surface area contributed by atoms with Gasteiger partial charge in [0.2, 0.25) is 0 Å². The maximum Gasteiger partial charge on any atom is 0.0641 e. The van der Waals surface area contributed by atoms with Gasteiger partial charge in [0, 0.05) is 30.9 Å². The molecule has 1 heterocycles. The Hall–Kier alpha value is -1.09. The molecule has 1 rings (SSSR count). The zero-order valence-corrected chi connectivity index (χ0v) is 9.30. The molecule has 0 saturated heterocycles. The zero-order chi connectivity index (χ0) is 10.6. The highest BCUT2D eigenvalue weighted by molar-refractivity contribution is 5.24. The lowest BCUT2D eigenvalue weighted by Gasteiger charge is -2.03. The average molecular weight is 193 g/mol. The first kappa shape index (κ1) is 11.0. The van der Waals surface area contributed by atoms with Crippen LogP contribution in [0.5, 0.6) is 0 Å². The lowest BCUT2D eigenvalue weighted by molar-refractivity contribution is 0.632. The maximum absolute atomic E-state index is 4.46. The third-order valence-electron chi connectivity index (χ3n) is 2.42. The van der Waals surface area contributed by atoms with Crippen LogP contribution in [0.2, 0.25) is 0 Å². The van der Waals surface area contributed by atoms with Gasteiger partial charge in [0.25, 0.3) is 0 Å². The summed E-state index contributed by atoms with van der Waals surface area (Å²) in [7, 11) is 0. The second-order valence-corrected chi connectivity index (χ2v) is 3.38. The van der Waals surface area contributed by atoms with E-state index >= 15 is 0 Å². The number of hydrogen-bond donors (Lipinski definition) is 1. The second kappa shape index (κ2) is 4.96. The SMILES string of the molecule is C=CCNCc1c(C)nn(CC)c1C. The molecule has 1 aromatic heterocycles. The molecule has 0 bridgehead atoms. The Morgan fingerprint density at radius 2 is 2.21 bits per heavy atom. The number of aryl methyl sites for hydroxylation is 2. The van der Waals surface area contributed by atoms with Crippen LogP contribution in [0.1, 0.15) is 23.9 Å². The van der Waals surface area contributed by atoms with Crippen LogP contribution in [0.4, 0.5) is 0 Å². The molecule has 1 N–H and O–H groups in total. The first-order valence-corrected chi connectivity index (χ1v) is 5.05. The normalized spacial score (nSPS) is 10.5. The molecule has 3 nitrogen and oxygen atoms in total. The van der Waals surface area contributed by atoms with E-state index in [0.717, 1.165) is 25.3 Å². The van der Waals surface area contributed by atoms with Crippen LogP contribution in [-0.2, 0) is 13.1 Å². The molecule has 1 aromatic rings. The highest BCUT2D eigenvalue weighted by atomic mass is 15.3. The second-order valence-electron chi connectivity index (χ2n) is 3.38. The summed E-state index contributed by atoms with van der Waals surface area (Å²) in [4.78, 5) is 0. The van der Waals surface area contributed by atoms with Gasteiger partial charge >= 0.3 is 0 Å². The quantitative estimate of drug-likeness (QED) is 0.571. The summed E-state index contributed by atoms with van der Waals surface area (Å²) in [5.41, 5.74) is 3.70. The molecule has 0 spiro atoms. The molecule has 0 fully saturated rings. The Balaban J connectivity index is 2.74. The van der Waals surface area contributed by atoms with E-state index in [2.05, 4.69) is 37.8 Å². The van der Waals surface area contributed by atoms with E-state index in [4.69, 9.17) is 0 Å². The molecule has 0 aliphatic carbocycles. The van der Waals surface area contributed by atoms with E-state index in [1.54, 1.807) is 0 Å². The van der Waals surface area contributed by atoms with E-state index in [1.807, 2.05) is 10.8 Å². The predicted molar refractivity (Wildman–Crippen MR) is 59.3 cm³/mol. The fourth-order valence-electron chi connectivity index (χ4n) is 1.60. The van der Waals surface area contributed by atoms with E-state index in [-0.39, 0.29) is 0 Å². The number of hydrogen-bond acceptors (Lipinski definition) is 2. The third-order valence-corrected chi connectivity index (χ3v) is 2.42. The first-order valence-electron chi connectivity index (χ1n) is 5.05. The van der Waals surface area contributed by atoms with Crippen LogP contribution < -0.4 is 5.32 Å². The van der Waals surface area contributed by atoms with Crippen molar-refractivity contribution in [3.8, 4) is 0 Å². The standard InChI is InChI=1S/C11H19N3/c1-5-7-12-8-11-9(3)13-14(6-2)10(11)4/h5,12H,1,6-8H2,2-4H3. The van der Waals surface area contributed by atoms with Crippen LogP contribution in [0.15, 0.2) is 12.7 Å². The summed E-state index contributed by atoms with van der Waals surface area (Å²) in [5, 5.41) is 7.76. The first-order chi connectivity index (χ1) is 6.70. The molecule has 0 aromatic carbocycles. The topological polar surface area (TPSA) is 29.9 Å². The number of rotatable bonds is 5. The highest BCUT2D eigenvalue weighted by Gasteiger charge is 2.08. The van der Waals surface area contributed by atoms with E-state index in [9.17, 15) is 0 Å². The van der Waals surface area contributed by atoms with Crippen molar-refractivity contribution in [3.63, 3.8) is 0 Å². The third kappa shape index (κ3) is 2.23. The van der Waals surface area contributed by atoms with Crippen LogP contribution in [0.25, 0.3) is 0 Å². The number of aromatic nitrogens is 2. The molecule has 78 valence electrons. The number of nitrogens with one attached hydrogen (secondary N) is 1. The lowest BCUT2D eigenvalue weighted by atomic mass is 10.2. The smallest absolute Gasteiger partial charge is 0.0641 e. The molecule has 0 aliphatic heterocycles. The van der Waals surface area contributed by atoms with Gasteiger partial charge < -0.3 is 5.32 Å². The Morgan fingerprint density at radius 1 is 1.50 bits per heavy atom. The van der Waals surface area contributed by atoms with Crippen molar-refractivity contribution in [2.24, 2.45) is 0 Å². The van der Waals surface area contributed by atoms with Gasteiger partial charge in [0.05, 0.1) is 5.69 Å². The van der Waals surface area contributed by atoms with E-state index in [1.165, 1.54) is 11.3 Å². The molecule has 14 heavy (non-hydrogen) atoms. The van der Waals surface area contributed by atoms with Crippen molar-refractivity contribution in [1.29, 1.82) is 0 Å². The van der Waals surface area contributed by atoms with Crippen LogP contribution in [0.3, 0.4) is 0 Å². The Morgan fingerprint density at radius 3 is 2.71 bits per heavy atom. The summed E-state index contributed by atoms with van der Waals surface area (Å²) in [5.74, 6) is 0. The van der Waals surface area contributed by atoms with Gasteiger partial charge in [-0.25, -0.2) is 0 Å². The van der Waals surface area contributed by atoms with Gasteiger partial charge in [-0.2, -0.15) is 5.10 Å². The lowest BCUT2D eigenvalue weighted by Crippen LogP contribution is -2.13. The van der Waals surface area contributed by atoms with E-state index < -0.39 is 0 Å². The molecule has 0 saturated carbocycles. The summed E-state index contributed by atoms with van der Waals surface area (Å²) in [6, 6.07) is 0. The molecule has 0 aliphatic rings. The van der Waals surface area contributed by atoms with Crippen LogP contribution in [-0.4, -0.2) is 16.3 Å². The fourth-order valence-corrected chi connectivity index (χ4v) is 1.60. The van der Waals surface area contributed by atoms with Gasteiger partial charge in [-0.1, -0.05) is 6.08 Å². The summed E-state index contributed by atoms with van der Waals surface area (Å²) in [6.45, 7) is 12.6. The highest BCUT2D eigenvalue weighted by Crippen LogP contribution is 2.12. The minimum absolute atomic E-state index is 0.843. The van der Waals surface area contributed by atoms with Gasteiger partial charge in [-0.15, -0.1) is 6.58 Å². The van der Waals surface area contributed by atoms with Crippen molar-refractivity contribution < 1.29 is 0 Å². The average Bonchev–Trinajstić information content (AvgIpc) is 2.45. The predicted octanol–water partition coefficient (Wildman–Crippen LogP) is 1.80. The van der Waals surface area contributed by atoms with Gasteiger partial charge in [0.15, 0.2) is 0 Å². The van der Waals surface area contributed by atoms with Crippen molar-refractivity contribution in [2.45, 2.75) is 33.9 Å². The molecule has 0 amide bonds. The monoisotopic (exact) mass is 193 g/mol. The van der Waals surface area contributed by atoms with Crippen LogP contribution >= 0.6 is 0 Å². The Labute approximate surface area is 85.8 Å². The minimum atomic E-state index is 0.843. The molecule has 0 atom stereocenters. The minimum Gasteiger partial charge on any atom is -0.309 e. The molecule has 0 radical (unpaired) electrons. The van der Waals surface area contributed by atoms with E-state index in [0.29, 0.717) is 0 Å². The van der Waals surface area contributed by atoms with Gasteiger partial charge in [0.1, 0.15) is 0 Å². The Kier molecular flexibility index (Phi) is 3.89. The Bertz CT molecular complexity index is 313. The zero-order valence-electron chi connectivity index (χ0n) is 9.30. The van der Waals surface area contributed by atoms with Crippen molar-refractivity contribution in [3.05, 3.63) is 29.6 Å². The summed E-state index contributed by atoms with van der Waals surface area (Å²) >= 11 is 0. The number of nitrogens with zero attached hydrogens (tertiary/aromatic N) is 2. The summed E-state index contributed by atoms with van der Waals surface area (Å²) < 4.78 is 2.04. The summed E-state index contributed by atoms with van der Waals surface area (Å²) in [6.07, 6.45) is 1.87. The van der Waals surface area contributed by atoms with Crippen molar-refractivity contribution in [2.75, 3.05) is 6.54 Å². The molecule has 0 unspecified atom stereocenters. The van der Waals surface area contributed by atoms with Gasteiger partial charge in [-0.3, -0.25) is 4.68 Å². The van der Waals surface area contributed by atoms with Crippen molar-refractivity contribution >= 4 is 0 Å². The molecule has 3 heteroatoms. The molecular formula is C11H19N3. The molecular weight excluding hydrogens is 174 g/mol. The maximum atomic E-state index is 4.46. The fraction of sp³-hybridized carbons (Fsp3) is 0.545. The van der Waals surface area contributed by atoms with Crippen LogP contribution in [0, 0.1) is 13.8 Å². The largest absolute Gasteiger partial charge is 0.309 e. The van der Waals surface area contributed by atoms with Gasteiger partial charge in [-0.05, 0) is 20.8 Å².